The van der Waals surface area contributed by atoms with Gasteiger partial charge in [-0.25, -0.2) is 0 Å². The van der Waals surface area contributed by atoms with Gasteiger partial charge in [-0.05, 0) is 14.5 Å². The minimum Gasteiger partial charge on any atom is -0.808 e. The third-order valence-electron chi connectivity index (χ3n) is 1.07. The van der Waals surface area contributed by atoms with Crippen LogP contribution in [0.15, 0.2) is 0 Å². The van der Waals surface area contributed by atoms with Crippen LogP contribution >= 0.6 is 15.2 Å². The van der Waals surface area contributed by atoms with E-state index in [1.165, 1.54) is 0 Å². The summed E-state index contributed by atoms with van der Waals surface area (Å²) >= 11 is 0. The van der Waals surface area contributed by atoms with Crippen LogP contribution in [-0.4, -0.2) is 41.9 Å². The predicted molar refractivity (Wildman–Crippen MR) is 44.7 cm³/mol. The fourth-order valence-electron chi connectivity index (χ4n) is 0.160. The summed E-state index contributed by atoms with van der Waals surface area (Å²) in [6.45, 7) is 0.258. The minimum absolute atomic E-state index is 0. The second kappa shape index (κ2) is 13.1. The van der Waals surface area contributed by atoms with Gasteiger partial charge in [0.05, 0.1) is 0 Å². The molecule has 1 unspecified atom stereocenters. The van der Waals surface area contributed by atoms with Crippen molar-refractivity contribution in [3.8, 4) is 0 Å². The van der Waals surface area contributed by atoms with Crippen molar-refractivity contribution in [2.45, 2.75) is 12.0 Å². The predicted octanol–water partition coefficient (Wildman–Crippen LogP) is -11.5. The molecule has 1 atom stereocenters. The van der Waals surface area contributed by atoms with Crippen molar-refractivity contribution in [3.05, 3.63) is 0 Å². The van der Waals surface area contributed by atoms with Gasteiger partial charge in [0, 0.05) is 0 Å². The molecule has 0 aromatic heterocycles. The Morgan fingerprint density at radius 3 is 1.12 bits per heavy atom. The zero-order valence-corrected chi connectivity index (χ0v) is 15.2. The van der Waals surface area contributed by atoms with Crippen LogP contribution in [0.25, 0.3) is 0 Å². The van der Waals surface area contributed by atoms with E-state index in [1.807, 2.05) is 0 Å². The second-order valence-corrected chi connectivity index (χ2v) is 6.19. The van der Waals surface area contributed by atoms with Gasteiger partial charge in [0.15, 0.2) is 5.08 Å². The maximum absolute atomic E-state index is 10.2. The topological polar surface area (TPSA) is 267 Å². The number of rotatable bonds is 2. The van der Waals surface area contributed by atoms with E-state index in [0.717, 1.165) is 0 Å². The molecule has 15 heteroatoms. The standard InChI is InChI=1S/C2H8O7P2.2Na.4H2O/c1-2(3,10(4,5)6)11(7,8)9;;;;;;/h3H,1H3,(H2,4,5,6)(H2,7,8,9);;;4*1H2/q;2*+1;;;;/p-2. The molecule has 0 spiro atoms. The van der Waals surface area contributed by atoms with Gasteiger partial charge in [0.2, 0.25) is 0 Å². The Balaban J connectivity index is -0.0000000333. The first-order valence-electron chi connectivity index (χ1n) is 2.30. The third-order valence-corrected chi connectivity index (χ3v) is 4.73. The fourth-order valence-corrected chi connectivity index (χ4v) is 1.44. The zero-order chi connectivity index (χ0) is 9.50. The molecule has 0 saturated heterocycles. The maximum Gasteiger partial charge on any atom is 1.00 e. The van der Waals surface area contributed by atoms with E-state index in [4.69, 9.17) is 14.9 Å². The van der Waals surface area contributed by atoms with Crippen molar-refractivity contribution in [2.24, 2.45) is 0 Å². The molecule has 0 radical (unpaired) electrons. The van der Waals surface area contributed by atoms with E-state index < -0.39 is 20.3 Å². The summed E-state index contributed by atoms with van der Waals surface area (Å²) in [5.41, 5.74) is 0. The van der Waals surface area contributed by atoms with Gasteiger partial charge in [0.1, 0.15) is 0 Å². The smallest absolute Gasteiger partial charge is 0.808 e. The third kappa shape index (κ3) is 11.6. The van der Waals surface area contributed by atoms with Crippen molar-refractivity contribution < 1.29 is 115 Å². The quantitative estimate of drug-likeness (QED) is 0.325. The van der Waals surface area contributed by atoms with E-state index in [1.54, 1.807) is 0 Å². The first kappa shape index (κ1) is 42.7. The Bertz CT molecular complexity index is 218. The van der Waals surface area contributed by atoms with Crippen molar-refractivity contribution in [1.82, 2.24) is 0 Å². The summed E-state index contributed by atoms with van der Waals surface area (Å²) in [5, 5.41) is 5.02. The maximum atomic E-state index is 10.2. The Kier molecular flexibility index (Phi) is 32.9. The molecule has 0 aromatic rings. The van der Waals surface area contributed by atoms with Gasteiger partial charge in [-0.3, -0.25) is 4.57 Å². The molecule has 0 aliphatic carbocycles. The molecule has 17 heavy (non-hydrogen) atoms. The van der Waals surface area contributed by atoms with Crippen molar-refractivity contribution in [2.75, 3.05) is 0 Å². The van der Waals surface area contributed by atoms with E-state index in [0.29, 0.717) is 0 Å². The minimum atomic E-state index is -5.70. The molecule has 0 fully saturated rings. The van der Waals surface area contributed by atoms with Gasteiger partial charge in [-0.1, -0.05) is 0 Å². The molecule has 0 saturated carbocycles. The van der Waals surface area contributed by atoms with Crippen LogP contribution < -0.4 is 68.9 Å². The normalized spacial score (nSPS) is 12.6. The molecule has 0 aliphatic heterocycles. The van der Waals surface area contributed by atoms with Gasteiger partial charge in [-0.2, -0.15) is 0 Å². The average molecular weight is 322 g/mol. The molecule has 0 amide bonds. The van der Waals surface area contributed by atoms with Crippen LogP contribution in [0.1, 0.15) is 6.92 Å². The van der Waals surface area contributed by atoms with E-state index in [-0.39, 0.29) is 87.9 Å². The Labute approximate surface area is 141 Å². The molecular weight excluding hydrogens is 308 g/mol. The van der Waals surface area contributed by atoms with Crippen LogP contribution in [0.3, 0.4) is 0 Å². The van der Waals surface area contributed by atoms with Crippen molar-refractivity contribution in [1.29, 1.82) is 0 Å². The number of hydrogen-bond donors (Lipinski definition) is 3. The molecular formula is C2H14Na2O11P2. The van der Waals surface area contributed by atoms with Crippen LogP contribution in [0, 0.1) is 0 Å². The monoisotopic (exact) mass is 322 g/mol. The number of hydrogen-bond acceptors (Lipinski definition) is 5. The van der Waals surface area contributed by atoms with Gasteiger partial charge >= 0.3 is 66.7 Å². The van der Waals surface area contributed by atoms with E-state index in [2.05, 4.69) is 0 Å². The Morgan fingerprint density at radius 1 is 0.941 bits per heavy atom. The number of aliphatic hydroxyl groups is 1. The molecule has 0 heterocycles. The summed E-state index contributed by atoms with van der Waals surface area (Å²) < 4.78 is 20.2. The zero-order valence-electron chi connectivity index (χ0n) is 9.37. The first-order valence-corrected chi connectivity index (χ1v) is 5.46. The first-order chi connectivity index (χ1) is 4.50. The summed E-state index contributed by atoms with van der Waals surface area (Å²) in [6.07, 6.45) is 0. The SMILES string of the molecule is CC(O)(P(=O)([O-])[O-])P(=O)(O)O.O.O.O.O.[Na+].[Na+]. The summed E-state index contributed by atoms with van der Waals surface area (Å²) in [4.78, 5) is 36.4. The van der Waals surface area contributed by atoms with E-state index >= 15 is 0 Å². The molecule has 0 aliphatic rings. The Hall–Kier alpha value is 2.10. The van der Waals surface area contributed by atoms with Crippen LogP contribution in [0.5, 0.6) is 0 Å². The largest absolute Gasteiger partial charge is 1.00 e. The van der Waals surface area contributed by atoms with Crippen molar-refractivity contribution in [3.63, 3.8) is 0 Å². The molecule has 11 N–H and O–H groups in total. The van der Waals surface area contributed by atoms with Crippen LogP contribution in [-0.2, 0) is 9.13 Å². The average Bonchev–Trinajstić information content (AvgIpc) is 1.58. The van der Waals surface area contributed by atoms with E-state index in [9.17, 15) is 18.9 Å². The van der Waals surface area contributed by atoms with Gasteiger partial charge in [0.25, 0.3) is 0 Å². The molecule has 0 bridgehead atoms. The summed E-state index contributed by atoms with van der Waals surface area (Å²) in [5.74, 6) is 0. The van der Waals surface area contributed by atoms with Gasteiger partial charge < -0.3 is 51.1 Å². The van der Waals surface area contributed by atoms with Crippen molar-refractivity contribution >= 4 is 15.2 Å². The summed E-state index contributed by atoms with van der Waals surface area (Å²) in [7, 11) is -11.0. The van der Waals surface area contributed by atoms with Gasteiger partial charge in [-0.15, -0.1) is 0 Å². The Morgan fingerprint density at radius 2 is 1.12 bits per heavy atom. The fraction of sp³-hybridized carbons (Fsp3) is 1.00. The summed E-state index contributed by atoms with van der Waals surface area (Å²) in [6, 6.07) is 0. The van der Waals surface area contributed by atoms with Crippen LogP contribution in [0.2, 0.25) is 0 Å². The molecule has 0 rings (SSSR count). The van der Waals surface area contributed by atoms with Crippen LogP contribution in [0.4, 0.5) is 0 Å². The molecule has 11 nitrogen and oxygen atoms in total. The molecule has 0 aromatic carbocycles. The second-order valence-electron chi connectivity index (χ2n) is 2.01. The molecule has 100 valence electrons.